The Morgan fingerprint density at radius 1 is 1.15 bits per heavy atom. The molecule has 8 heteroatoms. The normalized spacial score (nSPS) is 15.3. The number of piperazine rings is 1. The van der Waals surface area contributed by atoms with Crippen LogP contribution >= 0.6 is 23.2 Å². The van der Waals surface area contributed by atoms with Crippen molar-refractivity contribution in [2.45, 2.75) is 20.0 Å². The van der Waals surface area contributed by atoms with Gasteiger partial charge in [-0.25, -0.2) is 4.68 Å². The van der Waals surface area contributed by atoms with Crippen LogP contribution in [0.15, 0.2) is 30.5 Å². The van der Waals surface area contributed by atoms with Crippen LogP contribution in [-0.4, -0.2) is 64.8 Å². The van der Waals surface area contributed by atoms with Crippen molar-refractivity contribution in [3.05, 3.63) is 46.2 Å². The van der Waals surface area contributed by atoms with Crippen LogP contribution in [0.1, 0.15) is 19.0 Å². The molecule has 3 rings (SSSR count). The molecular weight excluding hydrogens is 387 g/mol. The lowest BCUT2D eigenvalue weighted by molar-refractivity contribution is -0.130. The first-order valence-corrected chi connectivity index (χ1v) is 9.84. The zero-order valence-electron chi connectivity index (χ0n) is 15.4. The third kappa shape index (κ3) is 5.69. The number of hydrogen-bond acceptors (Lipinski definition) is 4. The van der Waals surface area contributed by atoms with E-state index >= 15 is 0 Å². The summed E-state index contributed by atoms with van der Waals surface area (Å²) in [6, 6.07) is 7.35. The van der Waals surface area contributed by atoms with Crippen molar-refractivity contribution in [3.63, 3.8) is 0 Å². The summed E-state index contributed by atoms with van der Waals surface area (Å²) < 4.78 is 7.51. The molecule has 6 nitrogen and oxygen atoms in total. The van der Waals surface area contributed by atoms with Crippen molar-refractivity contribution in [3.8, 4) is 5.69 Å². The fraction of sp³-hybridized carbons (Fsp3) is 0.474. The van der Waals surface area contributed by atoms with Gasteiger partial charge in [0.25, 0.3) is 0 Å². The minimum Gasteiger partial charge on any atom is -0.375 e. The molecule has 1 aliphatic rings. The van der Waals surface area contributed by atoms with Gasteiger partial charge in [-0.3, -0.25) is 9.69 Å². The van der Waals surface area contributed by atoms with Gasteiger partial charge in [0.15, 0.2) is 0 Å². The predicted molar refractivity (Wildman–Crippen MR) is 107 cm³/mol. The summed E-state index contributed by atoms with van der Waals surface area (Å²) in [5.41, 5.74) is 1.73. The van der Waals surface area contributed by atoms with E-state index in [4.69, 9.17) is 27.9 Å². The van der Waals surface area contributed by atoms with E-state index in [1.165, 1.54) is 0 Å². The molecule has 0 aliphatic carbocycles. The zero-order valence-corrected chi connectivity index (χ0v) is 16.9. The molecule has 1 aliphatic heterocycles. The van der Waals surface area contributed by atoms with Gasteiger partial charge in [0.05, 0.1) is 28.0 Å². The first kappa shape index (κ1) is 20.1. The van der Waals surface area contributed by atoms with E-state index in [0.717, 1.165) is 50.5 Å². The molecule has 1 saturated heterocycles. The maximum Gasteiger partial charge on any atom is 0.219 e. The van der Waals surface area contributed by atoms with E-state index in [0.29, 0.717) is 23.3 Å². The van der Waals surface area contributed by atoms with Gasteiger partial charge in [0.1, 0.15) is 0 Å². The Kier molecular flexibility index (Phi) is 7.13. The number of amides is 1. The maximum atomic E-state index is 11.3. The molecule has 1 amide bonds. The molecular formula is C19H24Cl2N4O2. The largest absolute Gasteiger partial charge is 0.375 e. The molecule has 0 atom stereocenters. The molecule has 146 valence electrons. The average Bonchev–Trinajstić information content (AvgIpc) is 3.13. The number of rotatable bonds is 7. The van der Waals surface area contributed by atoms with E-state index in [-0.39, 0.29) is 5.91 Å². The highest BCUT2D eigenvalue weighted by atomic mass is 35.5. The van der Waals surface area contributed by atoms with E-state index < -0.39 is 0 Å². The topological polar surface area (TPSA) is 50.6 Å². The average molecular weight is 411 g/mol. The number of ether oxygens (including phenoxy) is 1. The summed E-state index contributed by atoms with van der Waals surface area (Å²) in [6.07, 6.45) is 2.85. The van der Waals surface area contributed by atoms with Crippen LogP contribution in [0.2, 0.25) is 10.0 Å². The molecule has 0 bridgehead atoms. The van der Waals surface area contributed by atoms with Gasteiger partial charge in [-0.05, 0) is 30.7 Å². The van der Waals surface area contributed by atoms with Crippen LogP contribution in [0, 0.1) is 0 Å². The second kappa shape index (κ2) is 9.55. The Bertz CT molecular complexity index is 773. The lowest BCUT2D eigenvalue weighted by atomic mass is 10.3. The molecule has 2 aromatic rings. The number of hydrogen-bond donors (Lipinski definition) is 0. The number of nitrogens with zero attached hydrogens (tertiary/aromatic N) is 4. The monoisotopic (exact) mass is 410 g/mol. The molecule has 1 fully saturated rings. The maximum absolute atomic E-state index is 11.3. The summed E-state index contributed by atoms with van der Waals surface area (Å²) in [7, 11) is 0. The van der Waals surface area contributed by atoms with Gasteiger partial charge in [0, 0.05) is 52.5 Å². The van der Waals surface area contributed by atoms with Gasteiger partial charge >= 0.3 is 0 Å². The number of carbonyl (C=O) groups is 1. The Labute approximate surface area is 169 Å². The Morgan fingerprint density at radius 3 is 2.63 bits per heavy atom. The molecule has 0 N–H and O–H groups in total. The predicted octanol–water partition coefficient (Wildman–Crippen LogP) is 3.25. The Balaban J connectivity index is 1.36. The summed E-state index contributed by atoms with van der Waals surface area (Å²) in [4.78, 5) is 15.6. The van der Waals surface area contributed by atoms with Crippen molar-refractivity contribution in [2.75, 3.05) is 39.3 Å². The lowest BCUT2D eigenvalue weighted by Crippen LogP contribution is -2.48. The molecule has 0 saturated carbocycles. The van der Waals surface area contributed by atoms with Crippen LogP contribution in [0.3, 0.4) is 0 Å². The first-order valence-electron chi connectivity index (χ1n) is 9.08. The van der Waals surface area contributed by atoms with Crippen molar-refractivity contribution in [1.29, 1.82) is 0 Å². The number of benzene rings is 1. The second-order valence-corrected chi connectivity index (χ2v) is 7.42. The van der Waals surface area contributed by atoms with Gasteiger partial charge in [-0.1, -0.05) is 23.2 Å². The Hall–Kier alpha value is -1.60. The highest BCUT2D eigenvalue weighted by Gasteiger charge is 2.17. The molecule has 0 spiro atoms. The molecule has 0 radical (unpaired) electrons. The van der Waals surface area contributed by atoms with Gasteiger partial charge < -0.3 is 9.64 Å². The highest BCUT2D eigenvalue weighted by molar-refractivity contribution is 6.42. The van der Waals surface area contributed by atoms with E-state index in [1.807, 2.05) is 23.2 Å². The van der Waals surface area contributed by atoms with E-state index in [9.17, 15) is 4.79 Å². The van der Waals surface area contributed by atoms with Gasteiger partial charge in [0.2, 0.25) is 5.91 Å². The first-order chi connectivity index (χ1) is 13.0. The Morgan fingerprint density at radius 2 is 1.93 bits per heavy atom. The number of aromatic nitrogens is 2. The highest BCUT2D eigenvalue weighted by Crippen LogP contribution is 2.24. The van der Waals surface area contributed by atoms with Crippen LogP contribution in [0.4, 0.5) is 0 Å². The van der Waals surface area contributed by atoms with Crippen LogP contribution in [0.5, 0.6) is 0 Å². The smallest absolute Gasteiger partial charge is 0.219 e. The van der Waals surface area contributed by atoms with Crippen molar-refractivity contribution in [2.24, 2.45) is 0 Å². The number of carbonyl (C=O) groups excluding carboxylic acids is 1. The molecule has 27 heavy (non-hydrogen) atoms. The molecule has 2 heterocycles. The van der Waals surface area contributed by atoms with E-state index in [1.54, 1.807) is 23.7 Å². The van der Waals surface area contributed by atoms with Crippen LogP contribution in [-0.2, 0) is 16.1 Å². The van der Waals surface area contributed by atoms with Crippen molar-refractivity contribution >= 4 is 29.1 Å². The summed E-state index contributed by atoms with van der Waals surface area (Å²) in [5, 5.41) is 5.54. The van der Waals surface area contributed by atoms with Gasteiger partial charge in [-0.15, -0.1) is 0 Å². The van der Waals surface area contributed by atoms with Crippen LogP contribution < -0.4 is 0 Å². The second-order valence-electron chi connectivity index (χ2n) is 6.60. The summed E-state index contributed by atoms with van der Waals surface area (Å²) >= 11 is 12.0. The van der Waals surface area contributed by atoms with Gasteiger partial charge in [-0.2, -0.15) is 5.10 Å². The van der Waals surface area contributed by atoms with Crippen molar-refractivity contribution < 1.29 is 9.53 Å². The quantitative estimate of drug-likeness (QED) is 0.657. The standard InChI is InChI=1S/C19H24Cl2N4O2/c1-15(26)24-10-8-23(9-11-24)6-2-12-27-14-16-5-7-25(22-16)17-3-4-18(20)19(21)13-17/h3-5,7,13H,2,6,8-12,14H2,1H3. The fourth-order valence-corrected chi connectivity index (χ4v) is 3.36. The van der Waals surface area contributed by atoms with Crippen molar-refractivity contribution in [1.82, 2.24) is 19.6 Å². The zero-order chi connectivity index (χ0) is 19.2. The summed E-state index contributed by atoms with van der Waals surface area (Å²) in [5.74, 6) is 0.165. The molecule has 0 unspecified atom stereocenters. The lowest BCUT2D eigenvalue weighted by Gasteiger charge is -2.34. The SMILES string of the molecule is CC(=O)N1CCN(CCCOCc2ccn(-c3ccc(Cl)c(Cl)c3)n2)CC1. The third-order valence-corrected chi connectivity index (χ3v) is 5.38. The fourth-order valence-electron chi connectivity index (χ4n) is 3.06. The molecule has 1 aromatic carbocycles. The van der Waals surface area contributed by atoms with E-state index in [2.05, 4.69) is 10.00 Å². The van der Waals surface area contributed by atoms with Crippen LogP contribution in [0.25, 0.3) is 5.69 Å². The minimum absolute atomic E-state index is 0.165. The number of halogens is 2. The third-order valence-electron chi connectivity index (χ3n) is 4.64. The minimum atomic E-state index is 0.165. The molecule has 1 aromatic heterocycles. The summed E-state index contributed by atoms with van der Waals surface area (Å²) in [6.45, 7) is 7.31.